The smallest absolute Gasteiger partial charge is 0.187 e. The summed E-state index contributed by atoms with van der Waals surface area (Å²) in [6.07, 6.45) is -48.5. The van der Waals surface area contributed by atoms with Gasteiger partial charge in [0.15, 0.2) is 37.7 Å². The van der Waals surface area contributed by atoms with Crippen LogP contribution in [0.15, 0.2) is 11.6 Å². The second-order valence-electron chi connectivity index (χ2n) is 31.5. The van der Waals surface area contributed by atoms with E-state index in [-0.39, 0.29) is 35.5 Å². The third-order valence-corrected chi connectivity index (χ3v) is 25.0. The summed E-state index contributed by atoms with van der Waals surface area (Å²) >= 11 is 0. The van der Waals surface area contributed by atoms with Crippen molar-refractivity contribution >= 4 is 0 Å². The van der Waals surface area contributed by atoms with Crippen LogP contribution in [-0.2, 0) is 56.8 Å². The fraction of sp³-hybridized carbons (Fsp3) is 0.970. The average molecular weight is 1450 g/mol. The second kappa shape index (κ2) is 31.5. The molecule has 10 rings (SSSR count). The summed E-state index contributed by atoms with van der Waals surface area (Å²) in [6, 6.07) is 0. The average Bonchev–Trinajstić information content (AvgIpc) is 1.28. The normalized spacial score (nSPS) is 52.1. The summed E-state index contributed by atoms with van der Waals surface area (Å²) in [5.41, 5.74) is -2.75. The zero-order chi connectivity index (χ0) is 73.5. The predicted molar refractivity (Wildman–Crippen MR) is 333 cm³/mol. The van der Waals surface area contributed by atoms with E-state index < -0.39 is 264 Å². The Balaban J connectivity index is 0.831. The van der Waals surface area contributed by atoms with Gasteiger partial charge in [-0.15, -0.1) is 0 Å². The molecule has 10 aliphatic rings. The minimum atomic E-state index is -2.14. The molecule has 3 saturated carbocycles. The number of allylic oxidation sites excluding steroid dienone is 1. The van der Waals surface area contributed by atoms with Gasteiger partial charge in [-0.2, -0.15) is 0 Å². The van der Waals surface area contributed by atoms with Crippen molar-refractivity contribution < 1.29 is 169 Å². The number of hydrogen-bond acceptors (Lipinski definition) is 34. The van der Waals surface area contributed by atoms with Crippen LogP contribution < -0.4 is 0 Å². The number of aliphatic hydroxyl groups excluding tert-OH is 21. The van der Waals surface area contributed by atoms with E-state index in [9.17, 15) is 112 Å². The van der Waals surface area contributed by atoms with Crippen LogP contribution in [0.3, 0.4) is 0 Å². The third kappa shape index (κ3) is 14.8. The largest absolute Gasteiger partial charge is 0.394 e. The van der Waals surface area contributed by atoms with Gasteiger partial charge in [-0.3, -0.25) is 0 Å². The number of rotatable bonds is 23. The molecule has 9 fully saturated rings. The van der Waals surface area contributed by atoms with E-state index in [0.29, 0.717) is 32.1 Å². The molecular weight excluding hydrogens is 1340 g/mol. The highest BCUT2D eigenvalue weighted by molar-refractivity contribution is 5.32. The number of ether oxygens (including phenoxy) is 12. The van der Waals surface area contributed by atoms with Gasteiger partial charge in [0.2, 0.25) is 0 Å². The molecule has 34 nitrogen and oxygen atoms in total. The van der Waals surface area contributed by atoms with Gasteiger partial charge < -0.3 is 169 Å². The fourth-order valence-corrected chi connectivity index (χ4v) is 18.5. The molecule has 6 aliphatic heterocycles. The highest BCUT2D eigenvalue weighted by atomic mass is 16.8. The molecule has 40 atom stereocenters. The van der Waals surface area contributed by atoms with E-state index in [1.54, 1.807) is 0 Å². The van der Waals surface area contributed by atoms with Gasteiger partial charge >= 0.3 is 0 Å². The van der Waals surface area contributed by atoms with Gasteiger partial charge in [0.1, 0.15) is 146 Å². The molecule has 0 aromatic carbocycles. The van der Waals surface area contributed by atoms with Crippen LogP contribution >= 0.6 is 0 Å². The SMILES string of the molecule is C[C@H](CC[C@@H](O[C@@H]1O[C@H](CO[C@@H]2O[C@H](CO)[C@@H](O)[C@H](O)[C@H]2O)[C@@H](O)[C@H](O)[C@H]1O[C@@H]1O[C@H](CO)[C@@H](O[C@@H]2O[C@H](CO)[C@@H](O)[C@H](O)[C@H]2O)[C@H](O)[C@H]1O)C(C)(C)O)[C@H]1CC[C@@]2(C)[C@@H]3CC=C4[C@@H](CC[C@H](O[C@@H]5O[C@H](CO[C@@H]6O[C@H](CO)[C@@H](O)[C@H](O)[C@H]6O)[C@@H](O)[C@H](O)[C@H]5O)C4(C)C)[C@]3(C)[C@H](O)C[C@]12C. The lowest BCUT2D eigenvalue weighted by atomic mass is 9.38. The Morgan fingerprint density at radius 2 is 0.870 bits per heavy atom. The molecule has 22 N–H and O–H groups in total. The summed E-state index contributed by atoms with van der Waals surface area (Å²) in [4.78, 5) is 0. The van der Waals surface area contributed by atoms with Crippen LogP contribution in [-0.4, -0.2) is 360 Å². The molecule has 6 saturated heterocycles. The van der Waals surface area contributed by atoms with Crippen LogP contribution in [0.2, 0.25) is 0 Å². The van der Waals surface area contributed by atoms with Crippen LogP contribution in [0.5, 0.6) is 0 Å². The standard InChI is InChI=1S/C66H112O34/c1-24(25-15-16-64(6)34-12-10-26-27(66(34,8)35(71)17-65(25,64)7)11-14-36(62(26,2)3)97-58-51(85)46(80)41(75)32(95-58)22-89-56-49(83)43(77)38(72)28(18-67)91-56)9-13-37(63(4,5)88)98-61-55(47(81)42(76)33(96-61)23-90-57-50(84)44(78)39(73)29(19-68)92-57)100-60-53(87)48(82)54(31(21-70)94-60)99-59-52(86)45(79)40(74)30(20-69)93-59/h10,24-25,27-61,67-88H,9,11-23H2,1-8H3/t24-,25-,27-,28-,29-,30-,31-,32-,33-,34+,35-,36+,37-,38-,39-,40-,41-,42-,43+,44+,45+,46+,47+,48-,49-,50-,51-,52-,53-,54-,55-,56-,57-,58+,59+,60+,61+,64+,65-,66+/m1/s1. The van der Waals surface area contributed by atoms with Crippen molar-refractivity contribution in [2.75, 3.05) is 39.6 Å². The van der Waals surface area contributed by atoms with E-state index >= 15 is 0 Å². The Hall–Kier alpha value is -1.62. The molecule has 4 aliphatic carbocycles. The van der Waals surface area contributed by atoms with Crippen molar-refractivity contribution in [3.8, 4) is 0 Å². The Morgan fingerprint density at radius 3 is 1.37 bits per heavy atom. The molecule has 0 aromatic heterocycles. The zero-order valence-corrected chi connectivity index (χ0v) is 57.6. The van der Waals surface area contributed by atoms with Crippen LogP contribution in [0.25, 0.3) is 0 Å². The lowest BCUT2D eigenvalue weighted by molar-refractivity contribution is -0.391. The summed E-state index contributed by atoms with van der Waals surface area (Å²) in [6.45, 7) is 11.3. The Labute approximate surface area is 579 Å². The first kappa shape index (κ1) is 80.9. The van der Waals surface area contributed by atoms with E-state index in [1.165, 1.54) is 13.8 Å². The Kier molecular flexibility index (Phi) is 25.5. The zero-order valence-electron chi connectivity index (χ0n) is 57.6. The van der Waals surface area contributed by atoms with Gasteiger partial charge in [0.05, 0.1) is 63.6 Å². The molecule has 34 heteroatoms. The minimum absolute atomic E-state index is 0.00824. The Bertz CT molecular complexity index is 2670. The molecule has 6 heterocycles. The predicted octanol–water partition coefficient (Wildman–Crippen LogP) is -7.58. The third-order valence-electron chi connectivity index (χ3n) is 25.0. The first-order chi connectivity index (χ1) is 46.9. The van der Waals surface area contributed by atoms with Gasteiger partial charge in [0, 0.05) is 10.8 Å². The summed E-state index contributed by atoms with van der Waals surface area (Å²) in [5.74, 6) is -0.201. The van der Waals surface area contributed by atoms with Crippen LogP contribution in [0.4, 0.5) is 0 Å². The van der Waals surface area contributed by atoms with Crippen molar-refractivity contribution in [2.45, 2.75) is 315 Å². The highest BCUT2D eigenvalue weighted by Gasteiger charge is 2.71. The molecule has 0 spiro atoms. The lowest BCUT2D eigenvalue weighted by Crippen LogP contribution is -2.67. The van der Waals surface area contributed by atoms with Gasteiger partial charge in [-0.05, 0) is 99.7 Å². The summed E-state index contributed by atoms with van der Waals surface area (Å²) in [5, 5.41) is 239. The first-order valence-electron chi connectivity index (χ1n) is 35.1. The second-order valence-corrected chi connectivity index (χ2v) is 31.5. The molecule has 0 amide bonds. The monoisotopic (exact) mass is 1450 g/mol. The molecular formula is C66H112O34. The maximum Gasteiger partial charge on any atom is 0.187 e. The van der Waals surface area contributed by atoms with E-state index in [2.05, 4.69) is 33.8 Å². The van der Waals surface area contributed by atoms with E-state index in [0.717, 1.165) is 18.4 Å². The van der Waals surface area contributed by atoms with Crippen molar-refractivity contribution in [3.05, 3.63) is 11.6 Å². The van der Waals surface area contributed by atoms with Crippen molar-refractivity contribution in [2.24, 2.45) is 45.3 Å². The summed E-state index contributed by atoms with van der Waals surface area (Å²) in [7, 11) is 0. The number of aliphatic hydroxyl groups is 22. The van der Waals surface area contributed by atoms with Crippen LogP contribution in [0, 0.1) is 45.3 Å². The maximum atomic E-state index is 12.9. The Morgan fingerprint density at radius 1 is 0.460 bits per heavy atom. The summed E-state index contributed by atoms with van der Waals surface area (Å²) < 4.78 is 71.2. The van der Waals surface area contributed by atoms with Gasteiger partial charge in [-0.1, -0.05) is 53.2 Å². The van der Waals surface area contributed by atoms with Gasteiger partial charge in [-0.25, -0.2) is 0 Å². The molecule has 0 aromatic rings. The van der Waals surface area contributed by atoms with E-state index in [1.807, 2.05) is 13.8 Å². The topological polar surface area (TPSA) is 556 Å². The maximum absolute atomic E-state index is 12.9. The highest BCUT2D eigenvalue weighted by Crippen LogP contribution is 2.75. The molecule has 580 valence electrons. The van der Waals surface area contributed by atoms with Crippen molar-refractivity contribution in [1.29, 1.82) is 0 Å². The minimum Gasteiger partial charge on any atom is -0.394 e. The van der Waals surface area contributed by atoms with Crippen molar-refractivity contribution in [1.82, 2.24) is 0 Å². The molecule has 0 bridgehead atoms. The fourth-order valence-electron chi connectivity index (χ4n) is 18.5. The van der Waals surface area contributed by atoms with Crippen molar-refractivity contribution in [3.63, 3.8) is 0 Å². The molecule has 0 unspecified atom stereocenters. The molecule has 100 heavy (non-hydrogen) atoms. The number of hydrogen-bond donors (Lipinski definition) is 22. The van der Waals surface area contributed by atoms with Gasteiger partial charge in [0.25, 0.3) is 0 Å². The number of fused-ring (bicyclic) bond motifs is 5. The molecule has 0 radical (unpaired) electrons. The first-order valence-corrected chi connectivity index (χ1v) is 35.1. The quantitative estimate of drug-likeness (QED) is 0.0423. The van der Waals surface area contributed by atoms with E-state index in [4.69, 9.17) is 56.8 Å². The van der Waals surface area contributed by atoms with Crippen LogP contribution in [0.1, 0.15) is 107 Å². The lowest BCUT2D eigenvalue weighted by Gasteiger charge is -2.67.